The number of carbonyl (C=O) groups is 2. The van der Waals surface area contributed by atoms with E-state index in [0.717, 1.165) is 22.3 Å². The molecular weight excluding hydrogens is 455 g/mol. The molecule has 7 nitrogen and oxygen atoms in total. The number of ether oxygens (including phenoxy) is 2. The Hall–Kier alpha value is -2.42. The van der Waals surface area contributed by atoms with Crippen LogP contribution in [-0.4, -0.2) is 23.5 Å². The van der Waals surface area contributed by atoms with Gasteiger partial charge in [-0.1, -0.05) is 35.9 Å². The van der Waals surface area contributed by atoms with Gasteiger partial charge < -0.3 is 25.1 Å². The van der Waals surface area contributed by atoms with E-state index in [0.29, 0.717) is 24.0 Å². The van der Waals surface area contributed by atoms with Crippen molar-refractivity contribution in [3.8, 4) is 16.9 Å². The van der Waals surface area contributed by atoms with E-state index in [1.54, 1.807) is 48.7 Å². The minimum atomic E-state index is -1.17. The number of aromatic nitrogens is 1. The van der Waals surface area contributed by atoms with Gasteiger partial charge in [0, 0.05) is 41.3 Å². The minimum absolute atomic E-state index is 0. The maximum atomic E-state index is 11.2. The Balaban J connectivity index is 0.00000385. The number of hydrogen-bond acceptors (Lipinski definition) is 6. The van der Waals surface area contributed by atoms with E-state index >= 15 is 0 Å². The summed E-state index contributed by atoms with van der Waals surface area (Å²) in [7, 11) is 0. The third kappa shape index (κ3) is 7.55. The quantitative estimate of drug-likeness (QED) is 0.421. The number of aliphatic carboxylic acids is 1. The van der Waals surface area contributed by atoms with Gasteiger partial charge in [0.2, 0.25) is 0 Å². The SMILES string of the molecule is CCO[C@@H](CC(=O)[O-])c1ccc(OCc2ccc(Cl)c(-c3ccc(C(N)=O)nc3)c2)cc1.[Na+]. The van der Waals surface area contributed by atoms with Gasteiger partial charge in [-0.2, -0.15) is 0 Å². The van der Waals surface area contributed by atoms with Gasteiger partial charge in [0.1, 0.15) is 18.1 Å². The number of amides is 1. The molecule has 3 aromatic rings. The first-order chi connectivity index (χ1) is 15.4. The van der Waals surface area contributed by atoms with Crippen LogP contribution in [0.25, 0.3) is 11.1 Å². The molecule has 0 aliphatic carbocycles. The Morgan fingerprint density at radius 2 is 1.85 bits per heavy atom. The average Bonchev–Trinajstić information content (AvgIpc) is 2.78. The molecule has 1 amide bonds. The maximum absolute atomic E-state index is 11.2. The Kier molecular flexibility index (Phi) is 10.3. The molecule has 1 aromatic heterocycles. The predicted octanol–water partition coefficient (Wildman–Crippen LogP) is 0.302. The van der Waals surface area contributed by atoms with Crippen LogP contribution in [0.3, 0.4) is 0 Å². The van der Waals surface area contributed by atoms with Crippen molar-refractivity contribution in [1.29, 1.82) is 0 Å². The zero-order valence-electron chi connectivity index (χ0n) is 18.4. The summed E-state index contributed by atoms with van der Waals surface area (Å²) in [6, 6.07) is 15.9. The van der Waals surface area contributed by atoms with Gasteiger partial charge in [-0.25, -0.2) is 0 Å². The number of rotatable bonds is 10. The monoisotopic (exact) mass is 476 g/mol. The number of carboxylic acid groups (broad SMARTS) is 1. The number of pyridine rings is 1. The predicted molar refractivity (Wildman–Crippen MR) is 118 cm³/mol. The molecule has 0 saturated carbocycles. The number of primary amides is 1. The van der Waals surface area contributed by atoms with Crippen LogP contribution in [0.15, 0.2) is 60.8 Å². The zero-order chi connectivity index (χ0) is 23.1. The third-order valence-electron chi connectivity index (χ3n) is 4.74. The van der Waals surface area contributed by atoms with Crippen molar-refractivity contribution in [1.82, 2.24) is 4.98 Å². The summed E-state index contributed by atoms with van der Waals surface area (Å²) < 4.78 is 11.3. The summed E-state index contributed by atoms with van der Waals surface area (Å²) in [5.74, 6) is -1.13. The molecule has 2 aromatic carbocycles. The molecule has 0 aliphatic heterocycles. The van der Waals surface area contributed by atoms with Crippen LogP contribution in [0, 0.1) is 0 Å². The fraction of sp³-hybridized carbons (Fsp3) is 0.208. The second-order valence-electron chi connectivity index (χ2n) is 6.99. The molecule has 3 rings (SSSR count). The first-order valence-corrected chi connectivity index (χ1v) is 10.3. The van der Waals surface area contributed by atoms with E-state index in [9.17, 15) is 14.7 Å². The van der Waals surface area contributed by atoms with E-state index < -0.39 is 18.0 Å². The second-order valence-corrected chi connectivity index (χ2v) is 7.40. The van der Waals surface area contributed by atoms with Crippen LogP contribution < -0.4 is 45.1 Å². The van der Waals surface area contributed by atoms with Crippen molar-refractivity contribution >= 4 is 23.5 Å². The Morgan fingerprint density at radius 3 is 2.42 bits per heavy atom. The van der Waals surface area contributed by atoms with Crippen molar-refractivity contribution in [3.63, 3.8) is 0 Å². The van der Waals surface area contributed by atoms with E-state index in [2.05, 4.69) is 4.98 Å². The second kappa shape index (κ2) is 12.7. The molecule has 0 unspecified atom stereocenters. The van der Waals surface area contributed by atoms with Gasteiger partial charge in [-0.05, 0) is 48.4 Å². The van der Waals surface area contributed by atoms with Crippen LogP contribution in [0.2, 0.25) is 5.02 Å². The summed E-state index contributed by atoms with van der Waals surface area (Å²) in [4.78, 5) is 26.2. The van der Waals surface area contributed by atoms with Crippen molar-refractivity contribution in [2.24, 2.45) is 5.73 Å². The summed E-state index contributed by atoms with van der Waals surface area (Å²) in [5.41, 5.74) is 8.55. The molecule has 0 saturated heterocycles. The van der Waals surface area contributed by atoms with Crippen LogP contribution >= 0.6 is 11.6 Å². The number of nitrogens with two attached hydrogens (primary N) is 1. The number of carbonyl (C=O) groups excluding carboxylic acids is 2. The largest absolute Gasteiger partial charge is 1.00 e. The molecule has 0 spiro atoms. The summed E-state index contributed by atoms with van der Waals surface area (Å²) in [6.45, 7) is 2.50. The number of hydrogen-bond donors (Lipinski definition) is 1. The Bertz CT molecular complexity index is 1090. The Morgan fingerprint density at radius 1 is 1.12 bits per heavy atom. The molecule has 0 bridgehead atoms. The van der Waals surface area contributed by atoms with Crippen molar-refractivity contribution < 1.29 is 53.7 Å². The standard InChI is InChI=1S/C24H23ClN2O5.Na/c1-2-31-22(12-23(28)29)16-4-7-18(8-5-16)32-14-15-3-9-20(25)19(11-15)17-6-10-21(24(26)30)27-13-17;/h3-11,13,22H,2,12,14H2,1H3,(H2,26,30)(H,28,29);/q;+1/p-1/t22-;/m0./s1. The minimum Gasteiger partial charge on any atom is -0.550 e. The fourth-order valence-electron chi connectivity index (χ4n) is 3.15. The molecule has 1 atom stereocenters. The molecule has 33 heavy (non-hydrogen) atoms. The van der Waals surface area contributed by atoms with Crippen molar-refractivity contribution in [2.75, 3.05) is 6.61 Å². The number of halogens is 1. The Labute approximate surface area is 219 Å². The van der Waals surface area contributed by atoms with Gasteiger partial charge in [-0.15, -0.1) is 0 Å². The summed E-state index contributed by atoms with van der Waals surface area (Å²) in [6.07, 6.45) is 0.774. The van der Waals surface area contributed by atoms with E-state index in [1.165, 1.54) is 0 Å². The molecular formula is C24H22ClN2NaO5. The topological polar surface area (TPSA) is 115 Å². The smallest absolute Gasteiger partial charge is 0.550 e. The zero-order valence-corrected chi connectivity index (χ0v) is 21.2. The first-order valence-electron chi connectivity index (χ1n) is 9.96. The van der Waals surface area contributed by atoms with Gasteiger partial charge in [0.15, 0.2) is 0 Å². The van der Waals surface area contributed by atoms with Crippen LogP contribution in [0.4, 0.5) is 0 Å². The van der Waals surface area contributed by atoms with E-state index in [1.807, 2.05) is 19.1 Å². The summed E-state index contributed by atoms with van der Waals surface area (Å²) >= 11 is 6.34. The van der Waals surface area contributed by atoms with Gasteiger partial charge >= 0.3 is 29.6 Å². The molecule has 166 valence electrons. The third-order valence-corrected chi connectivity index (χ3v) is 5.06. The van der Waals surface area contributed by atoms with E-state index in [-0.39, 0.29) is 41.7 Å². The van der Waals surface area contributed by atoms with E-state index in [4.69, 9.17) is 26.8 Å². The van der Waals surface area contributed by atoms with Crippen molar-refractivity contribution in [2.45, 2.75) is 26.1 Å². The van der Waals surface area contributed by atoms with Gasteiger partial charge in [0.25, 0.3) is 5.91 Å². The molecule has 0 fully saturated rings. The molecule has 1 heterocycles. The number of benzene rings is 2. The normalized spacial score (nSPS) is 11.3. The first kappa shape index (κ1) is 26.8. The van der Waals surface area contributed by atoms with Crippen LogP contribution in [0.1, 0.15) is 41.1 Å². The summed E-state index contributed by atoms with van der Waals surface area (Å²) in [5, 5.41) is 11.5. The van der Waals surface area contributed by atoms with Gasteiger partial charge in [-0.3, -0.25) is 9.78 Å². The average molecular weight is 477 g/mol. The van der Waals surface area contributed by atoms with Gasteiger partial charge in [0.05, 0.1) is 6.10 Å². The maximum Gasteiger partial charge on any atom is 1.00 e. The number of nitrogens with zero attached hydrogens (tertiary/aromatic N) is 1. The molecule has 0 aliphatic rings. The molecule has 2 N–H and O–H groups in total. The molecule has 9 heteroatoms. The van der Waals surface area contributed by atoms with Crippen LogP contribution in [-0.2, 0) is 16.1 Å². The van der Waals surface area contributed by atoms with Crippen LogP contribution in [0.5, 0.6) is 5.75 Å². The molecule has 0 radical (unpaired) electrons. The fourth-order valence-corrected chi connectivity index (χ4v) is 3.38. The number of carboxylic acids is 1. The van der Waals surface area contributed by atoms with Crippen molar-refractivity contribution in [3.05, 3.63) is 82.6 Å².